The number of Topliss-reactive ketones (excluding diaryl/α,β-unsaturated/α-hetero) is 1. The fraction of sp³-hybridized carbons (Fsp3) is 0.346. The van der Waals surface area contributed by atoms with Crippen LogP contribution in [0.15, 0.2) is 59.1 Å². The average molecular weight is 477 g/mol. The fourth-order valence-electron chi connectivity index (χ4n) is 4.60. The minimum atomic E-state index is -0.383. The second-order valence-corrected chi connectivity index (χ2v) is 10.9. The van der Waals surface area contributed by atoms with Gasteiger partial charge in [0, 0.05) is 28.7 Å². The van der Waals surface area contributed by atoms with Crippen LogP contribution in [0.1, 0.15) is 65.8 Å². The standard InChI is InChI=1S/C26H28N4OS2/c1-2-17-12-9-15-20-21(16-27-22(17)20)23(31)24(18-10-5-3-6-11-18)32-26-30-29-25(33-26)28-19-13-7-4-8-14-19/h3,5-6,9-12,15-16,19,24,27H,2,4,7-8,13-14H2,1H3,(H,28,29)/t24-/m0/s1. The second-order valence-electron chi connectivity index (χ2n) is 8.52. The topological polar surface area (TPSA) is 70.7 Å². The summed E-state index contributed by atoms with van der Waals surface area (Å²) in [5.41, 5.74) is 3.98. The molecule has 7 heteroatoms. The van der Waals surface area contributed by atoms with Crippen LogP contribution in [0.25, 0.3) is 10.9 Å². The summed E-state index contributed by atoms with van der Waals surface area (Å²) in [6.07, 6.45) is 9.02. The minimum absolute atomic E-state index is 0.0858. The Balaban J connectivity index is 1.42. The summed E-state index contributed by atoms with van der Waals surface area (Å²) in [5, 5.41) is 13.8. The summed E-state index contributed by atoms with van der Waals surface area (Å²) < 4.78 is 0.810. The number of anilines is 1. The van der Waals surface area contributed by atoms with Gasteiger partial charge in [0.2, 0.25) is 5.13 Å². The van der Waals surface area contributed by atoms with Gasteiger partial charge in [-0.05, 0) is 30.4 Å². The van der Waals surface area contributed by atoms with Gasteiger partial charge in [-0.1, -0.05) is 97.8 Å². The molecule has 2 N–H and O–H groups in total. The van der Waals surface area contributed by atoms with E-state index in [4.69, 9.17) is 0 Å². The maximum atomic E-state index is 13.8. The second kappa shape index (κ2) is 10.1. The molecule has 1 atom stereocenters. The first-order valence-electron chi connectivity index (χ1n) is 11.7. The molecule has 1 aliphatic carbocycles. The van der Waals surface area contributed by atoms with Gasteiger partial charge in [-0.25, -0.2) is 0 Å². The molecule has 33 heavy (non-hydrogen) atoms. The highest BCUT2D eigenvalue weighted by Gasteiger charge is 2.27. The van der Waals surface area contributed by atoms with E-state index in [9.17, 15) is 4.79 Å². The van der Waals surface area contributed by atoms with Crippen LogP contribution in [0, 0.1) is 0 Å². The summed E-state index contributed by atoms with van der Waals surface area (Å²) in [5.74, 6) is 0.0858. The Kier molecular flexibility index (Phi) is 6.78. The molecule has 1 fully saturated rings. The first kappa shape index (κ1) is 22.2. The van der Waals surface area contributed by atoms with Gasteiger partial charge in [-0.2, -0.15) is 0 Å². The number of hydrogen-bond acceptors (Lipinski definition) is 6. The molecule has 5 rings (SSSR count). The number of ketones is 1. The molecule has 2 aromatic heterocycles. The smallest absolute Gasteiger partial charge is 0.206 e. The normalized spacial score (nSPS) is 15.5. The summed E-state index contributed by atoms with van der Waals surface area (Å²) in [6.45, 7) is 2.13. The summed E-state index contributed by atoms with van der Waals surface area (Å²) >= 11 is 3.03. The Morgan fingerprint density at radius 1 is 1.12 bits per heavy atom. The zero-order chi connectivity index (χ0) is 22.6. The van der Waals surface area contributed by atoms with E-state index in [1.54, 1.807) is 11.3 Å². The Morgan fingerprint density at radius 3 is 2.73 bits per heavy atom. The predicted molar refractivity (Wildman–Crippen MR) is 137 cm³/mol. The van der Waals surface area contributed by atoms with Crippen LogP contribution in [0.4, 0.5) is 5.13 Å². The summed E-state index contributed by atoms with van der Waals surface area (Å²) in [6, 6.07) is 16.6. The number of benzene rings is 2. The molecule has 0 bridgehead atoms. The molecule has 0 aliphatic heterocycles. The molecule has 0 saturated heterocycles. The van der Waals surface area contributed by atoms with Gasteiger partial charge < -0.3 is 10.3 Å². The quantitative estimate of drug-likeness (QED) is 0.211. The number of hydrogen-bond donors (Lipinski definition) is 2. The first-order valence-corrected chi connectivity index (χ1v) is 13.4. The monoisotopic (exact) mass is 476 g/mol. The predicted octanol–water partition coefficient (Wildman–Crippen LogP) is 7.04. The number of thioether (sulfide) groups is 1. The molecule has 0 radical (unpaired) electrons. The lowest BCUT2D eigenvalue weighted by Gasteiger charge is -2.21. The molecule has 0 amide bonds. The number of H-pyrrole nitrogens is 1. The molecule has 5 nitrogen and oxygen atoms in total. The highest BCUT2D eigenvalue weighted by molar-refractivity contribution is 8.02. The zero-order valence-corrected chi connectivity index (χ0v) is 20.3. The number of nitrogens with zero attached hydrogens (tertiary/aromatic N) is 2. The highest BCUT2D eigenvalue weighted by atomic mass is 32.2. The maximum absolute atomic E-state index is 13.8. The van der Waals surface area contributed by atoms with Crippen molar-refractivity contribution in [1.29, 1.82) is 0 Å². The third-order valence-electron chi connectivity index (χ3n) is 6.35. The molecule has 2 heterocycles. The van der Waals surface area contributed by atoms with Gasteiger partial charge in [0.15, 0.2) is 10.1 Å². The van der Waals surface area contributed by atoms with Crippen molar-refractivity contribution in [1.82, 2.24) is 15.2 Å². The van der Waals surface area contributed by atoms with E-state index in [1.807, 2.05) is 48.7 Å². The minimum Gasteiger partial charge on any atom is -0.360 e. The van der Waals surface area contributed by atoms with Gasteiger partial charge >= 0.3 is 0 Å². The van der Waals surface area contributed by atoms with Gasteiger partial charge in [-0.15, -0.1) is 10.2 Å². The van der Waals surface area contributed by atoms with E-state index in [0.29, 0.717) is 6.04 Å². The number of aromatic nitrogens is 3. The largest absolute Gasteiger partial charge is 0.360 e. The van der Waals surface area contributed by atoms with Crippen LogP contribution in [0.2, 0.25) is 0 Å². The van der Waals surface area contributed by atoms with Crippen molar-refractivity contribution >= 4 is 44.9 Å². The van der Waals surface area contributed by atoms with Crippen LogP contribution in [0.5, 0.6) is 0 Å². The molecule has 2 aromatic carbocycles. The van der Waals surface area contributed by atoms with Gasteiger partial charge in [0.05, 0.1) is 0 Å². The molecule has 1 aliphatic rings. The van der Waals surface area contributed by atoms with E-state index in [-0.39, 0.29) is 11.0 Å². The van der Waals surface area contributed by atoms with E-state index < -0.39 is 0 Å². The van der Waals surface area contributed by atoms with Crippen molar-refractivity contribution in [2.75, 3.05) is 5.32 Å². The van der Waals surface area contributed by atoms with Crippen molar-refractivity contribution in [3.8, 4) is 0 Å². The lowest BCUT2D eigenvalue weighted by molar-refractivity contribution is 0.0991. The Labute approximate surface area is 202 Å². The van der Waals surface area contributed by atoms with Crippen molar-refractivity contribution < 1.29 is 4.79 Å². The number of para-hydroxylation sites is 1. The Morgan fingerprint density at radius 2 is 1.94 bits per heavy atom. The zero-order valence-electron chi connectivity index (χ0n) is 18.7. The molecular weight excluding hydrogens is 448 g/mol. The number of aryl methyl sites for hydroxylation is 1. The van der Waals surface area contributed by atoms with Crippen LogP contribution in [-0.2, 0) is 6.42 Å². The molecule has 170 valence electrons. The third-order valence-corrected chi connectivity index (χ3v) is 8.54. The molecule has 0 unspecified atom stereocenters. The Bertz CT molecular complexity index is 1230. The van der Waals surface area contributed by atoms with E-state index in [1.165, 1.54) is 49.4 Å². The number of fused-ring (bicyclic) bond motifs is 1. The van der Waals surface area contributed by atoms with E-state index >= 15 is 0 Å². The van der Waals surface area contributed by atoms with Crippen LogP contribution in [-0.4, -0.2) is 27.0 Å². The fourth-order valence-corrected chi connectivity index (χ4v) is 6.68. The van der Waals surface area contributed by atoms with Crippen LogP contribution < -0.4 is 5.32 Å². The van der Waals surface area contributed by atoms with Gasteiger partial charge in [-0.3, -0.25) is 4.79 Å². The van der Waals surface area contributed by atoms with Crippen molar-refractivity contribution in [2.24, 2.45) is 0 Å². The lowest BCUT2D eigenvalue weighted by atomic mass is 9.96. The van der Waals surface area contributed by atoms with Crippen molar-refractivity contribution in [3.63, 3.8) is 0 Å². The lowest BCUT2D eigenvalue weighted by Crippen LogP contribution is -2.21. The van der Waals surface area contributed by atoms with Crippen molar-refractivity contribution in [3.05, 3.63) is 71.4 Å². The highest BCUT2D eigenvalue weighted by Crippen LogP contribution is 2.41. The molecule has 1 saturated carbocycles. The molecule has 4 aromatic rings. The molecule has 0 spiro atoms. The van der Waals surface area contributed by atoms with Crippen LogP contribution >= 0.6 is 23.1 Å². The van der Waals surface area contributed by atoms with Crippen molar-refractivity contribution in [2.45, 2.75) is 61.1 Å². The number of nitrogens with one attached hydrogen (secondary N) is 2. The summed E-state index contributed by atoms with van der Waals surface area (Å²) in [7, 11) is 0. The maximum Gasteiger partial charge on any atom is 0.206 e. The summed E-state index contributed by atoms with van der Waals surface area (Å²) in [4.78, 5) is 17.2. The van der Waals surface area contributed by atoms with E-state index in [0.717, 1.165) is 37.9 Å². The molecular formula is C26H28N4OS2. The number of carbonyl (C=O) groups excluding carboxylic acids is 1. The third kappa shape index (κ3) is 4.84. The SMILES string of the molecule is CCc1cccc2c(C(=O)[C@@H](Sc3nnc(NC4CCCCC4)s3)c3ccccc3)c[nH]c12. The number of aromatic amines is 1. The average Bonchev–Trinajstić information content (AvgIpc) is 3.50. The van der Waals surface area contributed by atoms with Gasteiger partial charge in [0.25, 0.3) is 0 Å². The van der Waals surface area contributed by atoms with E-state index in [2.05, 4.69) is 33.5 Å². The Hall–Kier alpha value is -2.64. The number of rotatable bonds is 8. The van der Waals surface area contributed by atoms with Gasteiger partial charge in [0.1, 0.15) is 5.25 Å². The van der Waals surface area contributed by atoms with Crippen LogP contribution in [0.3, 0.4) is 0 Å². The number of carbonyl (C=O) groups is 1. The first-order chi connectivity index (χ1) is 16.2.